The van der Waals surface area contributed by atoms with Crippen LogP contribution in [0.3, 0.4) is 0 Å². The molecule has 8 bridgehead atoms. The Morgan fingerprint density at radius 3 is 1.60 bits per heavy atom. The molecule has 0 aliphatic carbocycles. The van der Waals surface area contributed by atoms with Gasteiger partial charge in [-0.2, -0.15) is 0 Å². The van der Waals surface area contributed by atoms with Crippen LogP contribution in [0, 0.1) is 0 Å². The highest BCUT2D eigenvalue weighted by Crippen LogP contribution is 2.39. The highest BCUT2D eigenvalue weighted by molar-refractivity contribution is 6.48. The van der Waals surface area contributed by atoms with Crippen LogP contribution in [-0.4, -0.2) is 22.8 Å². The first-order valence-corrected chi connectivity index (χ1v) is 14.2. The van der Waals surface area contributed by atoms with Gasteiger partial charge in [-0.05, 0) is 65.3 Å². The predicted octanol–water partition coefficient (Wildman–Crippen LogP) is 7.45. The van der Waals surface area contributed by atoms with Crippen molar-refractivity contribution in [1.82, 2.24) is 0 Å². The molecule has 0 unspecified atom stereocenters. The maximum Gasteiger partial charge on any atom is 0.0895 e. The summed E-state index contributed by atoms with van der Waals surface area (Å²) in [5.74, 6) is 0. The minimum atomic E-state index is 0.607. The lowest BCUT2D eigenvalue weighted by Gasteiger charge is -2.14. The van der Waals surface area contributed by atoms with Crippen molar-refractivity contribution in [1.29, 1.82) is 0 Å². The molecular formula is C38H25N5. The van der Waals surface area contributed by atoms with E-state index < -0.39 is 0 Å². The highest BCUT2D eigenvalue weighted by atomic mass is 14.9. The van der Waals surface area contributed by atoms with Crippen molar-refractivity contribution in [3.8, 4) is 0 Å². The van der Waals surface area contributed by atoms with Crippen molar-refractivity contribution in [2.45, 2.75) is 0 Å². The number of benzene rings is 3. The fourth-order valence-corrected chi connectivity index (χ4v) is 5.81. The maximum absolute atomic E-state index is 6.95. The quantitative estimate of drug-likeness (QED) is 0.361. The first-order valence-electron chi connectivity index (χ1n) is 14.2. The number of hydrogen-bond acceptors (Lipinski definition) is 5. The standard InChI is InChI=1S/C38H25N5/c39-37-33-23-29-18-20-31(42-29)34(24-10-4-1-5-11-24)30-19-16-27(40-30)22-28-17-21-32(41-28)35(25-12-6-2-7-13-25)38(43-33)36(37)26-14-8-3-9-15-26/h1-23H,39H2. The number of nitrogens with zero attached hydrogens (tertiary/aromatic N) is 4. The molecule has 0 fully saturated rings. The van der Waals surface area contributed by atoms with Crippen LogP contribution in [0.25, 0.3) is 16.7 Å². The largest absolute Gasteiger partial charge is 0.396 e. The van der Waals surface area contributed by atoms with Crippen LogP contribution in [0.4, 0.5) is 0 Å². The van der Waals surface area contributed by atoms with Gasteiger partial charge in [0.05, 0.1) is 51.3 Å². The molecular weight excluding hydrogens is 526 g/mol. The van der Waals surface area contributed by atoms with E-state index in [2.05, 4.69) is 36.4 Å². The summed E-state index contributed by atoms with van der Waals surface area (Å²) in [5.41, 5.74) is 19.8. The monoisotopic (exact) mass is 551 g/mol. The van der Waals surface area contributed by atoms with Crippen molar-refractivity contribution in [2.75, 3.05) is 0 Å². The topological polar surface area (TPSA) is 75.5 Å². The third kappa shape index (κ3) is 4.44. The van der Waals surface area contributed by atoms with E-state index in [1.807, 2.05) is 103 Å². The second-order valence-electron chi connectivity index (χ2n) is 10.5. The van der Waals surface area contributed by atoms with Crippen LogP contribution in [-0.2, 0) is 0 Å². The Morgan fingerprint density at radius 1 is 0.442 bits per heavy atom. The fourth-order valence-electron chi connectivity index (χ4n) is 5.81. The summed E-state index contributed by atoms with van der Waals surface area (Å²) in [7, 11) is 0. The lowest BCUT2D eigenvalue weighted by Crippen LogP contribution is -2.08. The maximum atomic E-state index is 6.95. The first kappa shape index (κ1) is 24.8. The van der Waals surface area contributed by atoms with Crippen molar-refractivity contribution in [2.24, 2.45) is 25.7 Å². The van der Waals surface area contributed by atoms with E-state index in [9.17, 15) is 0 Å². The molecule has 5 nitrogen and oxygen atoms in total. The molecule has 0 saturated carbocycles. The Bertz CT molecular complexity index is 2070. The van der Waals surface area contributed by atoms with E-state index in [-0.39, 0.29) is 0 Å². The second-order valence-corrected chi connectivity index (χ2v) is 10.5. The summed E-state index contributed by atoms with van der Waals surface area (Å²) < 4.78 is 0. The van der Waals surface area contributed by atoms with E-state index in [0.29, 0.717) is 11.4 Å². The Kier molecular flexibility index (Phi) is 5.86. The van der Waals surface area contributed by atoms with Gasteiger partial charge < -0.3 is 5.73 Å². The molecule has 0 atom stereocenters. The molecule has 0 spiro atoms. The number of aliphatic imine (C=N–C) groups is 4. The predicted molar refractivity (Wildman–Crippen MR) is 178 cm³/mol. The van der Waals surface area contributed by atoms with Crippen molar-refractivity contribution in [3.63, 3.8) is 0 Å². The molecule has 5 heteroatoms. The summed E-state index contributed by atoms with van der Waals surface area (Å²) in [6.07, 6.45) is 16.2. The van der Waals surface area contributed by atoms with Gasteiger partial charge in [-0.25, -0.2) is 20.0 Å². The number of allylic oxidation sites excluding steroid dienone is 11. The summed E-state index contributed by atoms with van der Waals surface area (Å²) >= 11 is 0. The van der Waals surface area contributed by atoms with Gasteiger partial charge in [0.2, 0.25) is 0 Å². The van der Waals surface area contributed by atoms with Gasteiger partial charge in [0.15, 0.2) is 0 Å². The molecule has 0 aromatic heterocycles. The van der Waals surface area contributed by atoms with Crippen molar-refractivity contribution < 1.29 is 0 Å². The van der Waals surface area contributed by atoms with Crippen LogP contribution in [0.1, 0.15) is 16.7 Å². The Hall–Kier alpha value is -5.94. The van der Waals surface area contributed by atoms with E-state index >= 15 is 0 Å². The molecule has 202 valence electrons. The fraction of sp³-hybridized carbons (Fsp3) is 0. The van der Waals surface area contributed by atoms with Crippen LogP contribution in [0.15, 0.2) is 188 Å². The molecule has 5 aliphatic heterocycles. The molecule has 8 rings (SSSR count). The zero-order valence-electron chi connectivity index (χ0n) is 23.1. The molecule has 43 heavy (non-hydrogen) atoms. The first-order chi connectivity index (χ1) is 21.2. The third-order valence-electron chi connectivity index (χ3n) is 7.77. The number of rotatable bonds is 3. The molecule has 3 aromatic rings. The summed E-state index contributed by atoms with van der Waals surface area (Å²) in [6.45, 7) is 0. The molecule has 5 aliphatic rings. The zero-order chi connectivity index (χ0) is 28.8. The average molecular weight is 552 g/mol. The lowest BCUT2D eigenvalue weighted by atomic mass is 9.90. The number of fused-ring (bicyclic) bond motifs is 4. The van der Waals surface area contributed by atoms with Crippen LogP contribution in [0.2, 0.25) is 0 Å². The summed E-state index contributed by atoms with van der Waals surface area (Å²) in [6, 6.07) is 30.7. The van der Waals surface area contributed by atoms with Gasteiger partial charge in [0, 0.05) is 16.7 Å². The average Bonchev–Trinajstić information content (AvgIpc) is 3.85. The molecule has 2 N–H and O–H groups in total. The van der Waals surface area contributed by atoms with Gasteiger partial charge in [-0.3, -0.25) is 0 Å². The lowest BCUT2D eigenvalue weighted by molar-refractivity contribution is 1.29. The zero-order valence-corrected chi connectivity index (χ0v) is 23.1. The minimum Gasteiger partial charge on any atom is -0.396 e. The van der Waals surface area contributed by atoms with Gasteiger partial charge >= 0.3 is 0 Å². The molecule has 3 aromatic carbocycles. The summed E-state index contributed by atoms with van der Waals surface area (Å²) in [4.78, 5) is 20.3. The van der Waals surface area contributed by atoms with E-state index in [4.69, 9.17) is 25.7 Å². The Labute approximate surface area is 249 Å². The Morgan fingerprint density at radius 2 is 0.977 bits per heavy atom. The van der Waals surface area contributed by atoms with E-state index in [1.165, 1.54) is 0 Å². The van der Waals surface area contributed by atoms with Gasteiger partial charge in [-0.15, -0.1) is 0 Å². The molecule has 5 heterocycles. The van der Waals surface area contributed by atoms with Crippen LogP contribution < -0.4 is 5.73 Å². The van der Waals surface area contributed by atoms with Gasteiger partial charge in [-0.1, -0.05) is 91.0 Å². The van der Waals surface area contributed by atoms with Gasteiger partial charge in [0.1, 0.15) is 0 Å². The molecule has 0 saturated heterocycles. The Balaban J connectivity index is 1.41. The van der Waals surface area contributed by atoms with Crippen molar-refractivity contribution in [3.05, 3.63) is 185 Å². The number of hydrogen-bond donors (Lipinski definition) is 1. The minimum absolute atomic E-state index is 0.607. The van der Waals surface area contributed by atoms with Crippen LogP contribution >= 0.6 is 0 Å². The van der Waals surface area contributed by atoms with E-state index in [0.717, 1.165) is 73.3 Å². The highest BCUT2D eigenvalue weighted by Gasteiger charge is 2.30. The third-order valence-corrected chi connectivity index (χ3v) is 7.77. The molecule has 0 radical (unpaired) electrons. The normalized spacial score (nSPS) is 18.6. The van der Waals surface area contributed by atoms with E-state index in [1.54, 1.807) is 0 Å². The van der Waals surface area contributed by atoms with Crippen molar-refractivity contribution >= 4 is 39.6 Å². The smallest absolute Gasteiger partial charge is 0.0895 e. The number of nitrogens with two attached hydrogens (primary N) is 1. The summed E-state index contributed by atoms with van der Waals surface area (Å²) in [5, 5.41) is 0. The van der Waals surface area contributed by atoms with Crippen LogP contribution in [0.5, 0.6) is 0 Å². The SMILES string of the molecule is NC1=C(c2ccccc2)C2=NC1=CC1=NC(=C(c3ccccc3)C3=NC(=CC4=NC(=C2c2ccccc2)C=C4)C=C3)C=C1. The van der Waals surface area contributed by atoms with Gasteiger partial charge in [0.25, 0.3) is 0 Å². The second kappa shape index (κ2) is 10.2. The molecule has 0 amide bonds.